The Bertz CT molecular complexity index is 1660. The van der Waals surface area contributed by atoms with Gasteiger partial charge in [0.05, 0.1) is 49.0 Å². The van der Waals surface area contributed by atoms with Crippen LogP contribution in [0.25, 0.3) is 0 Å². The van der Waals surface area contributed by atoms with Crippen LogP contribution in [0.2, 0.25) is 0 Å². The largest absolute Gasteiger partial charge is 0.494 e. The Morgan fingerprint density at radius 2 is 1.92 bits per heavy atom. The van der Waals surface area contributed by atoms with Gasteiger partial charge in [0.1, 0.15) is 17.7 Å². The first-order valence-corrected chi connectivity index (χ1v) is 18.3. The van der Waals surface area contributed by atoms with Crippen molar-refractivity contribution in [2.75, 3.05) is 51.6 Å². The summed E-state index contributed by atoms with van der Waals surface area (Å²) >= 11 is 0. The average Bonchev–Trinajstić information content (AvgIpc) is 3.92. The Hall–Kier alpha value is -4.09. The third-order valence-corrected chi connectivity index (χ3v) is 10.6. The Balaban J connectivity index is 1.13. The number of benzene rings is 2. The summed E-state index contributed by atoms with van der Waals surface area (Å²) in [6, 6.07) is 12.7. The lowest BCUT2D eigenvalue weighted by molar-refractivity contribution is -0.0907. The number of anilines is 1. The van der Waals surface area contributed by atoms with Gasteiger partial charge in [0.25, 0.3) is 0 Å². The number of nitrogens with zero attached hydrogens (tertiary/aromatic N) is 2. The molecule has 50 heavy (non-hydrogen) atoms. The van der Waals surface area contributed by atoms with Gasteiger partial charge in [-0.15, -0.1) is 0 Å². The summed E-state index contributed by atoms with van der Waals surface area (Å²) in [6.07, 6.45) is 0.439. The van der Waals surface area contributed by atoms with Gasteiger partial charge in [-0.3, -0.25) is 5.10 Å². The van der Waals surface area contributed by atoms with E-state index >= 15 is 0 Å². The molecule has 4 heterocycles. The summed E-state index contributed by atoms with van der Waals surface area (Å²) in [4.78, 5) is 13.3. The van der Waals surface area contributed by atoms with Crippen LogP contribution in [0.3, 0.4) is 0 Å². The van der Waals surface area contributed by atoms with Gasteiger partial charge >= 0.3 is 6.09 Å². The zero-order chi connectivity index (χ0) is 35.1. The van der Waals surface area contributed by atoms with E-state index in [1.807, 2.05) is 44.2 Å². The van der Waals surface area contributed by atoms with E-state index in [0.29, 0.717) is 43.4 Å². The fourth-order valence-corrected chi connectivity index (χ4v) is 7.81. The standard InChI is InChI=1S/C34H45N5O10S/c1-22(2)18-39(50(42,43)25-8-9-29-30(17-25)48-21-47-29)19-28(40)27(37-34(41)49-31-20-46-33-26(31)11-15-45-33)16-23-4-6-24(7-5-23)44-14-3-12-35-32-10-13-36-38-32/h4-10,13,17,22,26-28,31,33,40H,3,11-12,14-16,18-21H2,1-2H3,(H,37,41)(H2,35,36,38)/t26?,27-,28+,31?,33?/m0/s1. The highest BCUT2D eigenvalue weighted by molar-refractivity contribution is 7.89. The van der Waals surface area contributed by atoms with Crippen LogP contribution in [-0.2, 0) is 30.7 Å². The molecule has 0 radical (unpaired) electrons. The molecule has 2 fully saturated rings. The number of aromatic nitrogens is 2. The molecule has 1 aromatic heterocycles. The molecule has 0 saturated carbocycles. The summed E-state index contributed by atoms with van der Waals surface area (Å²) in [5.41, 5.74) is 0.796. The first-order chi connectivity index (χ1) is 24.2. The molecule has 3 aliphatic rings. The van der Waals surface area contributed by atoms with Crippen LogP contribution in [0.1, 0.15) is 32.3 Å². The highest BCUT2D eigenvalue weighted by Gasteiger charge is 2.44. The predicted octanol–water partition coefficient (Wildman–Crippen LogP) is 3.13. The van der Waals surface area contributed by atoms with Crippen LogP contribution in [0, 0.1) is 11.8 Å². The van der Waals surface area contributed by atoms with Gasteiger partial charge in [0.2, 0.25) is 16.8 Å². The summed E-state index contributed by atoms with van der Waals surface area (Å²) < 4.78 is 62.7. The van der Waals surface area contributed by atoms with Crippen LogP contribution >= 0.6 is 0 Å². The van der Waals surface area contributed by atoms with Crippen LogP contribution < -0.4 is 24.8 Å². The number of fused-ring (bicyclic) bond motifs is 2. The van der Waals surface area contributed by atoms with Crippen LogP contribution in [0.5, 0.6) is 17.2 Å². The minimum absolute atomic E-state index is 0.00931. The average molecular weight is 716 g/mol. The Labute approximate surface area is 291 Å². The predicted molar refractivity (Wildman–Crippen MR) is 180 cm³/mol. The monoisotopic (exact) mass is 715 g/mol. The van der Waals surface area contributed by atoms with Crippen molar-refractivity contribution in [1.82, 2.24) is 19.8 Å². The fourth-order valence-electron chi connectivity index (χ4n) is 6.17. The molecule has 3 aliphatic heterocycles. The minimum Gasteiger partial charge on any atom is -0.494 e. The van der Waals surface area contributed by atoms with Gasteiger partial charge in [-0.1, -0.05) is 26.0 Å². The van der Waals surface area contributed by atoms with Crippen molar-refractivity contribution >= 4 is 21.9 Å². The van der Waals surface area contributed by atoms with Crippen molar-refractivity contribution < 1.29 is 46.7 Å². The summed E-state index contributed by atoms with van der Waals surface area (Å²) in [6.45, 7) is 5.61. The van der Waals surface area contributed by atoms with Gasteiger partial charge in [-0.05, 0) is 61.1 Å². The Kier molecular flexibility index (Phi) is 11.6. The summed E-state index contributed by atoms with van der Waals surface area (Å²) in [7, 11) is -4.07. The Morgan fingerprint density at radius 3 is 2.70 bits per heavy atom. The van der Waals surface area contributed by atoms with Gasteiger partial charge in [0.15, 0.2) is 17.8 Å². The number of alkyl carbamates (subject to hydrolysis) is 1. The van der Waals surface area contributed by atoms with E-state index < -0.39 is 40.7 Å². The number of carbonyl (C=O) groups is 1. The van der Waals surface area contributed by atoms with E-state index in [1.54, 1.807) is 12.3 Å². The molecule has 0 spiro atoms. The van der Waals surface area contributed by atoms with Crippen molar-refractivity contribution in [2.24, 2.45) is 11.8 Å². The third kappa shape index (κ3) is 8.98. The molecular weight excluding hydrogens is 670 g/mol. The molecule has 272 valence electrons. The van der Waals surface area contributed by atoms with E-state index in [1.165, 1.54) is 16.4 Å². The molecule has 3 unspecified atom stereocenters. The zero-order valence-electron chi connectivity index (χ0n) is 28.2. The van der Waals surface area contributed by atoms with E-state index in [9.17, 15) is 18.3 Å². The topological polar surface area (TPSA) is 183 Å². The van der Waals surface area contributed by atoms with Gasteiger partial charge in [-0.2, -0.15) is 9.40 Å². The summed E-state index contributed by atoms with van der Waals surface area (Å²) in [5, 5.41) is 24.5. The maximum absolute atomic E-state index is 13.9. The quantitative estimate of drug-likeness (QED) is 0.150. The molecule has 15 nitrogen and oxygen atoms in total. The number of H-pyrrole nitrogens is 1. The number of aromatic amines is 1. The van der Waals surface area contributed by atoms with Crippen molar-refractivity contribution in [3.8, 4) is 17.2 Å². The molecule has 0 aliphatic carbocycles. The molecule has 4 N–H and O–H groups in total. The number of carbonyl (C=O) groups excluding carboxylic acids is 1. The number of hydrogen-bond acceptors (Lipinski definition) is 12. The van der Waals surface area contributed by atoms with Crippen LogP contribution in [0.4, 0.5) is 10.6 Å². The van der Waals surface area contributed by atoms with Gasteiger partial charge < -0.3 is 44.2 Å². The smallest absolute Gasteiger partial charge is 0.407 e. The number of hydrogen-bond donors (Lipinski definition) is 4. The number of amides is 1. The number of ether oxygens (including phenoxy) is 6. The molecule has 2 saturated heterocycles. The second-order valence-electron chi connectivity index (χ2n) is 13.0. The van der Waals surface area contributed by atoms with E-state index in [2.05, 4.69) is 20.8 Å². The van der Waals surface area contributed by atoms with E-state index in [-0.39, 0.29) is 49.6 Å². The molecule has 0 bridgehead atoms. The second-order valence-corrected chi connectivity index (χ2v) is 14.9. The van der Waals surface area contributed by atoms with Crippen molar-refractivity contribution in [3.05, 3.63) is 60.3 Å². The SMILES string of the molecule is CC(C)CN(C[C@@H](O)[C@H](Cc1ccc(OCCCNc2ccn[nH]2)cc1)NC(=O)OC1COC2OCCC12)S(=O)(=O)c1ccc2c(c1)OCO2. The molecule has 16 heteroatoms. The lowest BCUT2D eigenvalue weighted by Gasteiger charge is -2.31. The molecular formula is C34H45N5O10S. The van der Waals surface area contributed by atoms with Crippen molar-refractivity contribution in [3.63, 3.8) is 0 Å². The summed E-state index contributed by atoms with van der Waals surface area (Å²) in [5.74, 6) is 2.19. The second kappa shape index (κ2) is 16.3. The van der Waals surface area contributed by atoms with Crippen molar-refractivity contribution in [2.45, 2.75) is 62.5 Å². The molecule has 3 aromatic rings. The van der Waals surface area contributed by atoms with Gasteiger partial charge in [0, 0.05) is 25.7 Å². The first-order valence-electron chi connectivity index (χ1n) is 16.9. The Morgan fingerprint density at radius 1 is 1.10 bits per heavy atom. The third-order valence-electron chi connectivity index (χ3n) is 8.74. The number of rotatable bonds is 17. The minimum atomic E-state index is -4.07. The molecule has 2 aromatic carbocycles. The molecule has 5 atom stereocenters. The normalized spacial score (nSPS) is 20.9. The van der Waals surface area contributed by atoms with Crippen molar-refractivity contribution in [1.29, 1.82) is 0 Å². The number of aliphatic hydroxyl groups excluding tert-OH is 1. The zero-order valence-corrected chi connectivity index (χ0v) is 29.0. The molecule has 1 amide bonds. The fraction of sp³-hybridized carbons (Fsp3) is 0.529. The highest BCUT2D eigenvalue weighted by Crippen LogP contribution is 2.35. The van der Waals surface area contributed by atoms with Crippen LogP contribution in [-0.4, -0.2) is 105 Å². The van der Waals surface area contributed by atoms with E-state index in [4.69, 9.17) is 28.4 Å². The first kappa shape index (κ1) is 35.7. The lowest BCUT2D eigenvalue weighted by atomic mass is 10.0. The molecule has 6 rings (SSSR count). The number of sulfonamides is 1. The van der Waals surface area contributed by atoms with Crippen LogP contribution in [0.15, 0.2) is 59.6 Å². The maximum atomic E-state index is 13.9. The number of nitrogens with one attached hydrogen (secondary N) is 3. The number of aliphatic hydroxyl groups is 1. The van der Waals surface area contributed by atoms with Gasteiger partial charge in [-0.25, -0.2) is 13.2 Å². The lowest BCUT2D eigenvalue weighted by Crippen LogP contribution is -2.51. The highest BCUT2D eigenvalue weighted by atomic mass is 32.2. The van der Waals surface area contributed by atoms with E-state index in [0.717, 1.165) is 17.8 Å². The maximum Gasteiger partial charge on any atom is 0.407 e.